The molecule has 128 valence electrons. The van der Waals surface area contributed by atoms with Crippen molar-refractivity contribution in [1.82, 2.24) is 0 Å². The molecule has 0 unspecified atom stereocenters. The highest BCUT2D eigenvalue weighted by Crippen LogP contribution is 2.39. The van der Waals surface area contributed by atoms with E-state index in [0.29, 0.717) is 22.8 Å². The van der Waals surface area contributed by atoms with Crippen LogP contribution in [0.15, 0.2) is 33.5 Å². The number of hydrogen-bond acceptors (Lipinski definition) is 6. The molecule has 3 N–H and O–H groups in total. The van der Waals surface area contributed by atoms with Crippen LogP contribution in [0, 0.1) is 6.92 Å². The molecule has 0 fully saturated rings. The first kappa shape index (κ1) is 17.4. The molecule has 0 bridgehead atoms. The Kier molecular flexibility index (Phi) is 5.13. The average Bonchev–Trinajstić information content (AvgIpc) is 2.55. The van der Waals surface area contributed by atoms with Gasteiger partial charge in [0.25, 0.3) is 0 Å². The topological polar surface area (TPSA) is 112 Å². The lowest BCUT2D eigenvalue weighted by molar-refractivity contribution is -0.118. The van der Waals surface area contributed by atoms with E-state index in [-0.39, 0.29) is 12.2 Å². The summed E-state index contributed by atoms with van der Waals surface area (Å²) in [5.74, 6) is -0.661. The number of carbonyl (C=O) groups is 1. The van der Waals surface area contributed by atoms with Gasteiger partial charge in [-0.25, -0.2) is 0 Å². The van der Waals surface area contributed by atoms with Gasteiger partial charge in [0.1, 0.15) is 17.3 Å². The minimum absolute atomic E-state index is 0.0257. The molecule has 1 aromatic heterocycles. The molecular formula is C17H19NO6. The van der Waals surface area contributed by atoms with Gasteiger partial charge in [-0.2, -0.15) is 0 Å². The summed E-state index contributed by atoms with van der Waals surface area (Å²) in [6.45, 7) is 1.58. The van der Waals surface area contributed by atoms with Crippen molar-refractivity contribution in [3.8, 4) is 17.2 Å². The largest absolute Gasteiger partial charge is 0.502 e. The van der Waals surface area contributed by atoms with Gasteiger partial charge in [-0.15, -0.1) is 0 Å². The Hall–Kier alpha value is -2.96. The molecule has 1 amide bonds. The van der Waals surface area contributed by atoms with E-state index in [4.69, 9.17) is 19.6 Å². The molecule has 1 aromatic carbocycles. The molecular weight excluding hydrogens is 314 g/mol. The monoisotopic (exact) mass is 333 g/mol. The van der Waals surface area contributed by atoms with Gasteiger partial charge in [0.15, 0.2) is 5.76 Å². The summed E-state index contributed by atoms with van der Waals surface area (Å²) in [6, 6.07) is 6.16. The van der Waals surface area contributed by atoms with Crippen molar-refractivity contribution < 1.29 is 23.8 Å². The standard InChI is InChI=1S/C17H19NO6/c1-9-6-13(19)16(21)17(24-9)12(8-15(18)20)11-5-4-10(22-2)7-14(11)23-3/h4-7,12,21H,8H2,1-3H3,(H2,18,20)/t12-/m0/s1. The number of aryl methyl sites for hydroxylation is 1. The number of benzene rings is 1. The summed E-state index contributed by atoms with van der Waals surface area (Å²) >= 11 is 0. The fourth-order valence-corrected chi connectivity index (χ4v) is 2.51. The summed E-state index contributed by atoms with van der Waals surface area (Å²) < 4.78 is 16.0. The summed E-state index contributed by atoms with van der Waals surface area (Å²) in [4.78, 5) is 23.4. The summed E-state index contributed by atoms with van der Waals surface area (Å²) in [5.41, 5.74) is 5.29. The zero-order chi connectivity index (χ0) is 17.9. The molecule has 0 spiro atoms. The number of ether oxygens (including phenoxy) is 2. The molecule has 0 saturated carbocycles. The zero-order valence-electron chi connectivity index (χ0n) is 13.7. The van der Waals surface area contributed by atoms with Crippen molar-refractivity contribution >= 4 is 5.91 Å². The first-order valence-electron chi connectivity index (χ1n) is 7.21. The number of hydrogen-bond donors (Lipinski definition) is 2. The van der Waals surface area contributed by atoms with Crippen molar-refractivity contribution in [3.63, 3.8) is 0 Å². The van der Waals surface area contributed by atoms with Gasteiger partial charge < -0.3 is 24.7 Å². The second kappa shape index (κ2) is 7.08. The van der Waals surface area contributed by atoms with Crippen LogP contribution in [0.2, 0.25) is 0 Å². The molecule has 7 heteroatoms. The maximum absolute atomic E-state index is 11.9. The number of carbonyl (C=O) groups excluding carboxylic acids is 1. The molecule has 0 aliphatic carbocycles. The van der Waals surface area contributed by atoms with E-state index >= 15 is 0 Å². The van der Waals surface area contributed by atoms with Crippen LogP contribution in [0.1, 0.15) is 29.4 Å². The molecule has 0 aliphatic rings. The quantitative estimate of drug-likeness (QED) is 0.832. The van der Waals surface area contributed by atoms with Gasteiger partial charge in [-0.05, 0) is 13.0 Å². The van der Waals surface area contributed by atoms with E-state index in [9.17, 15) is 14.7 Å². The second-order valence-corrected chi connectivity index (χ2v) is 5.27. The third-order valence-electron chi connectivity index (χ3n) is 3.61. The Morgan fingerprint density at radius 2 is 2.00 bits per heavy atom. The number of primary amides is 1. The molecule has 24 heavy (non-hydrogen) atoms. The smallest absolute Gasteiger partial charge is 0.227 e. The molecule has 7 nitrogen and oxygen atoms in total. The van der Waals surface area contributed by atoms with Crippen LogP contribution in [0.4, 0.5) is 0 Å². The average molecular weight is 333 g/mol. The molecule has 2 aromatic rings. The number of amides is 1. The van der Waals surface area contributed by atoms with Crippen molar-refractivity contribution in [2.75, 3.05) is 14.2 Å². The van der Waals surface area contributed by atoms with E-state index in [1.165, 1.54) is 20.3 Å². The fourth-order valence-electron chi connectivity index (χ4n) is 2.51. The maximum atomic E-state index is 11.9. The first-order valence-corrected chi connectivity index (χ1v) is 7.21. The third-order valence-corrected chi connectivity index (χ3v) is 3.61. The van der Waals surface area contributed by atoms with E-state index in [0.717, 1.165) is 0 Å². The predicted molar refractivity (Wildman–Crippen MR) is 86.6 cm³/mol. The van der Waals surface area contributed by atoms with Crippen LogP contribution < -0.4 is 20.6 Å². The Balaban J connectivity index is 2.67. The van der Waals surface area contributed by atoms with Crippen LogP contribution in [0.5, 0.6) is 17.2 Å². The maximum Gasteiger partial charge on any atom is 0.227 e. The number of methoxy groups -OCH3 is 2. The first-order chi connectivity index (χ1) is 11.4. The van der Waals surface area contributed by atoms with Crippen LogP contribution in [0.25, 0.3) is 0 Å². The van der Waals surface area contributed by atoms with E-state index in [1.807, 2.05) is 0 Å². The third kappa shape index (κ3) is 3.51. The van der Waals surface area contributed by atoms with Crippen LogP contribution in [-0.2, 0) is 4.79 Å². The number of nitrogens with two attached hydrogens (primary N) is 1. The fraction of sp³-hybridized carbons (Fsp3) is 0.294. The van der Waals surface area contributed by atoms with Crippen molar-refractivity contribution in [1.29, 1.82) is 0 Å². The Morgan fingerprint density at radius 3 is 2.58 bits per heavy atom. The number of rotatable bonds is 6. The summed E-state index contributed by atoms with van der Waals surface area (Å²) in [6.07, 6.45) is -0.164. The van der Waals surface area contributed by atoms with Crippen LogP contribution in [-0.4, -0.2) is 25.2 Å². The summed E-state index contributed by atoms with van der Waals surface area (Å²) in [5, 5.41) is 10.1. The molecule has 0 radical (unpaired) electrons. The minimum atomic E-state index is -0.768. The van der Waals surface area contributed by atoms with E-state index in [2.05, 4.69) is 0 Å². The lowest BCUT2D eigenvalue weighted by Gasteiger charge is -2.19. The van der Waals surface area contributed by atoms with Crippen molar-refractivity contribution in [2.45, 2.75) is 19.3 Å². The lowest BCUT2D eigenvalue weighted by Crippen LogP contribution is -2.18. The van der Waals surface area contributed by atoms with Gasteiger partial charge in [-0.3, -0.25) is 9.59 Å². The summed E-state index contributed by atoms with van der Waals surface area (Å²) in [7, 11) is 2.98. The molecule has 1 heterocycles. The zero-order valence-corrected chi connectivity index (χ0v) is 13.7. The number of aromatic hydroxyl groups is 1. The SMILES string of the molecule is COc1ccc([C@H](CC(N)=O)c2oc(C)cc(=O)c2O)c(OC)c1. The highest BCUT2D eigenvalue weighted by atomic mass is 16.5. The Labute approximate surface area is 138 Å². The highest BCUT2D eigenvalue weighted by molar-refractivity contribution is 5.75. The highest BCUT2D eigenvalue weighted by Gasteiger charge is 2.27. The molecule has 1 atom stereocenters. The Morgan fingerprint density at radius 1 is 1.29 bits per heavy atom. The van der Waals surface area contributed by atoms with E-state index < -0.39 is 23.0 Å². The van der Waals surface area contributed by atoms with E-state index in [1.54, 1.807) is 25.1 Å². The second-order valence-electron chi connectivity index (χ2n) is 5.27. The predicted octanol–water partition coefficient (Wildman–Crippen LogP) is 1.68. The molecule has 0 aliphatic heterocycles. The Bertz CT molecular complexity index is 811. The minimum Gasteiger partial charge on any atom is -0.502 e. The van der Waals surface area contributed by atoms with Crippen molar-refractivity contribution in [2.24, 2.45) is 5.73 Å². The van der Waals surface area contributed by atoms with Gasteiger partial charge in [-0.1, -0.05) is 6.07 Å². The molecule has 2 rings (SSSR count). The van der Waals surface area contributed by atoms with Gasteiger partial charge in [0.2, 0.25) is 17.1 Å². The van der Waals surface area contributed by atoms with Crippen LogP contribution >= 0.6 is 0 Å². The lowest BCUT2D eigenvalue weighted by atomic mass is 9.91. The van der Waals surface area contributed by atoms with Crippen molar-refractivity contribution in [3.05, 3.63) is 51.6 Å². The van der Waals surface area contributed by atoms with Gasteiger partial charge in [0, 0.05) is 24.1 Å². The van der Waals surface area contributed by atoms with Gasteiger partial charge >= 0.3 is 0 Å². The van der Waals surface area contributed by atoms with Crippen LogP contribution in [0.3, 0.4) is 0 Å². The molecule has 0 saturated heterocycles. The normalized spacial score (nSPS) is 11.8. The van der Waals surface area contributed by atoms with Gasteiger partial charge in [0.05, 0.1) is 20.1 Å².